The lowest BCUT2D eigenvalue weighted by atomic mass is 9.93. The summed E-state index contributed by atoms with van der Waals surface area (Å²) in [5, 5.41) is 7.17. The molecule has 1 fully saturated rings. The summed E-state index contributed by atoms with van der Waals surface area (Å²) in [6, 6.07) is 0.0461. The first-order valence-electron chi connectivity index (χ1n) is 6.45. The second-order valence-corrected chi connectivity index (χ2v) is 4.51. The van der Waals surface area contributed by atoms with Crippen LogP contribution in [0, 0.1) is 0 Å². The molecule has 1 aromatic rings. The van der Waals surface area contributed by atoms with E-state index in [1.54, 1.807) is 0 Å². The van der Waals surface area contributed by atoms with E-state index < -0.39 is 5.60 Å². The fraction of sp³-hybridized carbons (Fsp3) is 0.833. The van der Waals surface area contributed by atoms with Gasteiger partial charge in [0.25, 0.3) is 0 Å². The van der Waals surface area contributed by atoms with Gasteiger partial charge in [-0.2, -0.15) is 4.98 Å². The molecule has 0 radical (unpaired) electrons. The quantitative estimate of drug-likeness (QED) is 0.857. The van der Waals surface area contributed by atoms with Crippen LogP contribution in [0.2, 0.25) is 0 Å². The minimum Gasteiger partial charge on any atom is -0.381 e. The maximum absolute atomic E-state index is 5.90. The number of rotatable bonds is 5. The van der Waals surface area contributed by atoms with Gasteiger partial charge in [-0.3, -0.25) is 0 Å². The van der Waals surface area contributed by atoms with Gasteiger partial charge in [0.2, 0.25) is 11.7 Å². The maximum Gasteiger partial charge on any atom is 0.243 e. The standard InChI is InChI=1S/C12H21N3O3/c1-4-17-12(5-7-16-8-6-12)11-14-10(18-15-11)9(2)13-3/h9,13H,4-8H2,1-3H3. The minimum absolute atomic E-state index is 0.0461. The van der Waals surface area contributed by atoms with Crippen LogP contribution in [0.1, 0.15) is 44.4 Å². The van der Waals surface area contributed by atoms with Crippen LogP contribution in [-0.2, 0) is 15.1 Å². The first-order valence-corrected chi connectivity index (χ1v) is 6.45. The molecule has 1 atom stereocenters. The molecule has 102 valence electrons. The average Bonchev–Trinajstić information content (AvgIpc) is 2.89. The van der Waals surface area contributed by atoms with E-state index in [2.05, 4.69) is 15.5 Å². The zero-order chi connectivity index (χ0) is 13.0. The summed E-state index contributed by atoms with van der Waals surface area (Å²) < 4.78 is 16.6. The highest BCUT2D eigenvalue weighted by Crippen LogP contribution is 2.34. The number of aromatic nitrogens is 2. The molecule has 1 saturated heterocycles. The molecule has 6 heteroatoms. The third-order valence-corrected chi connectivity index (χ3v) is 3.37. The normalized spacial score (nSPS) is 20.8. The largest absolute Gasteiger partial charge is 0.381 e. The molecule has 0 amide bonds. The van der Waals surface area contributed by atoms with Crippen LogP contribution in [0.3, 0.4) is 0 Å². The Labute approximate surface area is 107 Å². The molecule has 18 heavy (non-hydrogen) atoms. The van der Waals surface area contributed by atoms with Gasteiger partial charge in [-0.05, 0) is 20.9 Å². The molecule has 1 aromatic heterocycles. The van der Waals surface area contributed by atoms with Crippen molar-refractivity contribution in [3.8, 4) is 0 Å². The van der Waals surface area contributed by atoms with Crippen LogP contribution in [-0.4, -0.2) is 37.0 Å². The Bertz CT molecular complexity index is 369. The summed E-state index contributed by atoms with van der Waals surface area (Å²) in [4.78, 5) is 4.47. The van der Waals surface area contributed by atoms with Crippen LogP contribution in [0.25, 0.3) is 0 Å². The second kappa shape index (κ2) is 5.77. The molecule has 0 aliphatic carbocycles. The van der Waals surface area contributed by atoms with Crippen LogP contribution in [0.4, 0.5) is 0 Å². The van der Waals surface area contributed by atoms with Gasteiger partial charge in [0.05, 0.1) is 6.04 Å². The molecular formula is C12H21N3O3. The van der Waals surface area contributed by atoms with E-state index in [-0.39, 0.29) is 6.04 Å². The van der Waals surface area contributed by atoms with Gasteiger partial charge in [-0.15, -0.1) is 0 Å². The first kappa shape index (κ1) is 13.5. The van der Waals surface area contributed by atoms with E-state index >= 15 is 0 Å². The third kappa shape index (κ3) is 2.55. The molecule has 1 unspecified atom stereocenters. The van der Waals surface area contributed by atoms with Crippen LogP contribution < -0.4 is 5.32 Å². The van der Waals surface area contributed by atoms with Crippen LogP contribution in [0.15, 0.2) is 4.52 Å². The van der Waals surface area contributed by atoms with Gasteiger partial charge in [0, 0.05) is 32.7 Å². The Morgan fingerprint density at radius 3 is 2.78 bits per heavy atom. The number of nitrogens with zero attached hydrogens (tertiary/aromatic N) is 2. The predicted octanol–water partition coefficient (Wildman–Crippen LogP) is 1.39. The molecule has 0 bridgehead atoms. The monoisotopic (exact) mass is 255 g/mol. The summed E-state index contributed by atoms with van der Waals surface area (Å²) in [5.74, 6) is 1.24. The minimum atomic E-state index is -0.442. The van der Waals surface area contributed by atoms with Gasteiger partial charge in [-0.25, -0.2) is 0 Å². The fourth-order valence-corrected chi connectivity index (χ4v) is 2.13. The van der Waals surface area contributed by atoms with Crippen molar-refractivity contribution in [2.24, 2.45) is 0 Å². The molecule has 1 N–H and O–H groups in total. The fourth-order valence-electron chi connectivity index (χ4n) is 2.13. The summed E-state index contributed by atoms with van der Waals surface area (Å²) in [6.07, 6.45) is 1.54. The van der Waals surface area contributed by atoms with Crippen molar-refractivity contribution in [2.45, 2.75) is 38.3 Å². The van der Waals surface area contributed by atoms with Gasteiger partial charge < -0.3 is 19.3 Å². The SMILES string of the molecule is CCOC1(c2noc(C(C)NC)n2)CCOCC1. The van der Waals surface area contributed by atoms with Crippen molar-refractivity contribution in [3.63, 3.8) is 0 Å². The number of hydrogen-bond acceptors (Lipinski definition) is 6. The smallest absolute Gasteiger partial charge is 0.243 e. The van der Waals surface area contributed by atoms with E-state index in [9.17, 15) is 0 Å². The molecule has 0 spiro atoms. The number of hydrogen-bond donors (Lipinski definition) is 1. The molecule has 1 aliphatic heterocycles. The maximum atomic E-state index is 5.90. The van der Waals surface area contributed by atoms with Gasteiger partial charge in [-0.1, -0.05) is 5.16 Å². The van der Waals surface area contributed by atoms with Crippen molar-refractivity contribution in [2.75, 3.05) is 26.9 Å². The molecule has 1 aliphatic rings. The highest BCUT2D eigenvalue weighted by Gasteiger charge is 2.40. The Hall–Kier alpha value is -0.980. The van der Waals surface area contributed by atoms with Gasteiger partial charge in [0.15, 0.2) is 0 Å². The van der Waals surface area contributed by atoms with E-state index in [0.717, 1.165) is 12.8 Å². The topological polar surface area (TPSA) is 69.4 Å². The van der Waals surface area contributed by atoms with E-state index in [1.165, 1.54) is 0 Å². The average molecular weight is 255 g/mol. The van der Waals surface area contributed by atoms with Crippen molar-refractivity contribution < 1.29 is 14.0 Å². The lowest BCUT2D eigenvalue weighted by molar-refractivity contribution is -0.118. The highest BCUT2D eigenvalue weighted by atomic mass is 16.5. The van der Waals surface area contributed by atoms with E-state index in [1.807, 2.05) is 20.9 Å². The summed E-state index contributed by atoms with van der Waals surface area (Å²) in [6.45, 7) is 5.94. The van der Waals surface area contributed by atoms with E-state index in [0.29, 0.717) is 31.5 Å². The zero-order valence-corrected chi connectivity index (χ0v) is 11.2. The van der Waals surface area contributed by atoms with Gasteiger partial charge in [0.1, 0.15) is 5.60 Å². The first-order chi connectivity index (χ1) is 8.72. The summed E-state index contributed by atoms with van der Waals surface area (Å²) in [7, 11) is 1.86. The molecule has 6 nitrogen and oxygen atoms in total. The lowest BCUT2D eigenvalue weighted by Gasteiger charge is -2.33. The highest BCUT2D eigenvalue weighted by molar-refractivity contribution is 5.04. The van der Waals surface area contributed by atoms with Crippen molar-refractivity contribution in [3.05, 3.63) is 11.7 Å². The summed E-state index contributed by atoms with van der Waals surface area (Å²) >= 11 is 0. The van der Waals surface area contributed by atoms with Gasteiger partial charge >= 0.3 is 0 Å². The Kier molecular flexibility index (Phi) is 4.31. The predicted molar refractivity (Wildman–Crippen MR) is 65.1 cm³/mol. The molecule has 2 rings (SSSR count). The number of ether oxygens (including phenoxy) is 2. The number of nitrogens with one attached hydrogen (secondary N) is 1. The third-order valence-electron chi connectivity index (χ3n) is 3.37. The van der Waals surface area contributed by atoms with Crippen LogP contribution in [0.5, 0.6) is 0 Å². The Morgan fingerprint density at radius 2 is 2.17 bits per heavy atom. The zero-order valence-electron chi connectivity index (χ0n) is 11.2. The second-order valence-electron chi connectivity index (χ2n) is 4.51. The molecule has 0 saturated carbocycles. The van der Waals surface area contributed by atoms with Crippen molar-refractivity contribution >= 4 is 0 Å². The van der Waals surface area contributed by atoms with Crippen LogP contribution >= 0.6 is 0 Å². The molecule has 0 aromatic carbocycles. The Morgan fingerprint density at radius 1 is 1.44 bits per heavy atom. The summed E-state index contributed by atoms with van der Waals surface area (Å²) in [5.41, 5.74) is -0.442. The lowest BCUT2D eigenvalue weighted by Crippen LogP contribution is -2.37. The van der Waals surface area contributed by atoms with Crippen molar-refractivity contribution in [1.29, 1.82) is 0 Å². The van der Waals surface area contributed by atoms with E-state index in [4.69, 9.17) is 14.0 Å². The molecular weight excluding hydrogens is 234 g/mol. The molecule has 2 heterocycles. The Balaban J connectivity index is 2.22. The van der Waals surface area contributed by atoms with Crippen molar-refractivity contribution in [1.82, 2.24) is 15.5 Å².